The number of rotatable bonds is 4. The van der Waals surface area contributed by atoms with E-state index in [9.17, 15) is 26.4 Å². The number of sulfonamides is 1. The van der Waals surface area contributed by atoms with Crippen molar-refractivity contribution in [3.8, 4) is 0 Å². The van der Waals surface area contributed by atoms with Gasteiger partial charge in [0.2, 0.25) is 15.9 Å². The molecule has 30 heavy (non-hydrogen) atoms. The maximum absolute atomic E-state index is 13.0. The molecule has 3 rings (SSSR count). The number of aromatic nitrogens is 1. The first kappa shape index (κ1) is 24.0. The lowest BCUT2D eigenvalue weighted by atomic mass is 9.79. The fraction of sp³-hybridized carbons (Fsp3) is 0.588. The number of hydrogen-bond donors (Lipinski definition) is 1. The van der Waals surface area contributed by atoms with Crippen LogP contribution in [0, 0.1) is 11.3 Å². The van der Waals surface area contributed by atoms with Crippen LogP contribution in [0.1, 0.15) is 5.69 Å². The van der Waals surface area contributed by atoms with Gasteiger partial charge in [-0.1, -0.05) is 6.07 Å². The van der Waals surface area contributed by atoms with Crippen molar-refractivity contribution in [2.75, 3.05) is 39.6 Å². The molecule has 0 aromatic carbocycles. The SMILES string of the molecule is CN(Cc1ccccn1)C(=O)[C@]12COC[C@H]1CN(S(C)(=O)=O)C2.O=C(O)C(F)(F)F. The quantitative estimate of drug-likeness (QED) is 0.709. The molecule has 3 heterocycles. The summed E-state index contributed by atoms with van der Waals surface area (Å²) in [6, 6.07) is 5.56. The van der Waals surface area contributed by atoms with Gasteiger partial charge < -0.3 is 14.7 Å². The molecule has 1 N–H and O–H groups in total. The second-order valence-corrected chi connectivity index (χ2v) is 9.19. The van der Waals surface area contributed by atoms with E-state index in [-0.39, 0.29) is 25.0 Å². The van der Waals surface area contributed by atoms with Gasteiger partial charge in [0, 0.05) is 32.3 Å². The number of ether oxygens (including phenoxy) is 1. The summed E-state index contributed by atoms with van der Waals surface area (Å²) in [7, 11) is -1.58. The molecule has 168 valence electrons. The van der Waals surface area contributed by atoms with Crippen LogP contribution in [0.4, 0.5) is 13.2 Å². The zero-order valence-corrected chi connectivity index (χ0v) is 17.1. The molecule has 2 saturated heterocycles. The Bertz CT molecular complexity index is 880. The average Bonchev–Trinajstić information content (AvgIpc) is 3.19. The molecular weight excluding hydrogens is 431 g/mol. The Hall–Kier alpha value is -2.25. The van der Waals surface area contributed by atoms with Crippen LogP contribution in [0.25, 0.3) is 0 Å². The van der Waals surface area contributed by atoms with Gasteiger partial charge in [0.25, 0.3) is 0 Å². The first-order valence-electron chi connectivity index (χ1n) is 8.76. The van der Waals surface area contributed by atoms with Gasteiger partial charge in [0.1, 0.15) is 0 Å². The van der Waals surface area contributed by atoms with Gasteiger partial charge >= 0.3 is 12.1 Å². The zero-order chi connectivity index (χ0) is 22.7. The summed E-state index contributed by atoms with van der Waals surface area (Å²) in [5.74, 6) is -2.92. The number of carboxylic acids is 1. The zero-order valence-electron chi connectivity index (χ0n) is 16.3. The fourth-order valence-electron chi connectivity index (χ4n) is 3.43. The van der Waals surface area contributed by atoms with Gasteiger partial charge in [-0.3, -0.25) is 9.78 Å². The van der Waals surface area contributed by atoms with E-state index >= 15 is 0 Å². The van der Waals surface area contributed by atoms with Crippen molar-refractivity contribution in [1.82, 2.24) is 14.2 Å². The molecule has 13 heteroatoms. The minimum Gasteiger partial charge on any atom is -0.475 e. The smallest absolute Gasteiger partial charge is 0.475 e. The Morgan fingerprint density at radius 1 is 1.40 bits per heavy atom. The van der Waals surface area contributed by atoms with E-state index in [0.29, 0.717) is 19.7 Å². The van der Waals surface area contributed by atoms with Gasteiger partial charge in [-0.25, -0.2) is 17.5 Å². The molecule has 0 bridgehead atoms. The largest absolute Gasteiger partial charge is 0.490 e. The standard InChI is InChI=1S/C15H21N3O4S.C2HF3O2/c1-17(8-13-5-3-4-6-16-13)14(19)15-10-18(23(2,20)21)7-12(15)9-22-11-15;3-2(4,5)1(6)7/h3-6,12H,7-11H2,1-2H3;(H,6,7)/t12-,15-;/m1./s1. The van der Waals surface area contributed by atoms with Crippen molar-refractivity contribution >= 4 is 21.9 Å². The molecule has 1 amide bonds. The summed E-state index contributed by atoms with van der Waals surface area (Å²) in [5.41, 5.74) is 0.0280. The van der Waals surface area contributed by atoms with Crippen LogP contribution in [0.15, 0.2) is 24.4 Å². The molecule has 0 radical (unpaired) electrons. The number of pyridine rings is 1. The van der Waals surface area contributed by atoms with Crippen LogP contribution in [0.3, 0.4) is 0 Å². The highest BCUT2D eigenvalue weighted by Gasteiger charge is 2.58. The minimum absolute atomic E-state index is 0.0724. The summed E-state index contributed by atoms with van der Waals surface area (Å²) in [5, 5.41) is 7.12. The Morgan fingerprint density at radius 3 is 2.53 bits per heavy atom. The van der Waals surface area contributed by atoms with Gasteiger partial charge in [-0.15, -0.1) is 0 Å². The molecule has 2 fully saturated rings. The van der Waals surface area contributed by atoms with E-state index in [0.717, 1.165) is 5.69 Å². The van der Waals surface area contributed by atoms with Gasteiger partial charge in [0.05, 0.1) is 37.1 Å². The lowest BCUT2D eigenvalue weighted by molar-refractivity contribution is -0.192. The van der Waals surface area contributed by atoms with E-state index in [2.05, 4.69) is 4.98 Å². The Kier molecular flexibility index (Phi) is 7.09. The number of carboxylic acid groups (broad SMARTS) is 1. The van der Waals surface area contributed by atoms with Crippen molar-refractivity contribution in [2.24, 2.45) is 11.3 Å². The molecule has 2 aliphatic heterocycles. The van der Waals surface area contributed by atoms with E-state index < -0.39 is 27.6 Å². The molecule has 0 aliphatic carbocycles. The lowest BCUT2D eigenvalue weighted by Gasteiger charge is -2.30. The first-order valence-corrected chi connectivity index (χ1v) is 10.6. The maximum atomic E-state index is 13.0. The van der Waals surface area contributed by atoms with Crippen LogP contribution < -0.4 is 0 Å². The minimum atomic E-state index is -5.08. The molecule has 2 aliphatic rings. The molecule has 9 nitrogen and oxygen atoms in total. The molecule has 2 atom stereocenters. The Balaban J connectivity index is 0.000000396. The average molecular weight is 453 g/mol. The molecule has 1 aromatic rings. The number of carbonyl (C=O) groups excluding carboxylic acids is 1. The Morgan fingerprint density at radius 2 is 2.03 bits per heavy atom. The predicted molar refractivity (Wildman–Crippen MR) is 97.6 cm³/mol. The van der Waals surface area contributed by atoms with E-state index in [1.807, 2.05) is 18.2 Å². The van der Waals surface area contributed by atoms with Crippen LogP contribution in [0.2, 0.25) is 0 Å². The van der Waals surface area contributed by atoms with Gasteiger partial charge in [-0.05, 0) is 12.1 Å². The van der Waals surface area contributed by atoms with Crippen LogP contribution in [0.5, 0.6) is 0 Å². The maximum Gasteiger partial charge on any atom is 0.490 e. The van der Waals surface area contributed by atoms with Crippen molar-refractivity contribution < 1.29 is 41.0 Å². The summed E-state index contributed by atoms with van der Waals surface area (Å²) in [4.78, 5) is 27.8. The van der Waals surface area contributed by atoms with Crippen LogP contribution in [-0.4, -0.2) is 85.4 Å². The second-order valence-electron chi connectivity index (χ2n) is 7.21. The van der Waals surface area contributed by atoms with Gasteiger partial charge in [0.15, 0.2) is 0 Å². The topological polar surface area (TPSA) is 117 Å². The number of nitrogens with zero attached hydrogens (tertiary/aromatic N) is 3. The summed E-state index contributed by atoms with van der Waals surface area (Å²) < 4.78 is 62.3. The summed E-state index contributed by atoms with van der Waals surface area (Å²) in [6.45, 7) is 1.64. The third-order valence-electron chi connectivity index (χ3n) is 4.95. The van der Waals surface area contributed by atoms with Crippen molar-refractivity contribution in [3.63, 3.8) is 0 Å². The molecule has 0 saturated carbocycles. The lowest BCUT2D eigenvalue weighted by Crippen LogP contribution is -2.47. The monoisotopic (exact) mass is 453 g/mol. The number of alkyl halides is 3. The number of amides is 1. The third-order valence-corrected chi connectivity index (χ3v) is 6.17. The number of fused-ring (bicyclic) bond motifs is 1. The summed E-state index contributed by atoms with van der Waals surface area (Å²) >= 11 is 0. The fourth-order valence-corrected chi connectivity index (χ4v) is 4.35. The molecular formula is C17H22F3N3O6S. The normalized spacial score (nSPS) is 24.0. The van der Waals surface area contributed by atoms with Crippen molar-refractivity contribution in [2.45, 2.75) is 12.7 Å². The number of hydrogen-bond acceptors (Lipinski definition) is 6. The second kappa shape index (κ2) is 8.86. The van der Waals surface area contributed by atoms with Crippen molar-refractivity contribution in [3.05, 3.63) is 30.1 Å². The number of carbonyl (C=O) groups is 2. The number of aliphatic carboxylic acids is 1. The van der Waals surface area contributed by atoms with Crippen molar-refractivity contribution in [1.29, 1.82) is 0 Å². The highest BCUT2D eigenvalue weighted by Crippen LogP contribution is 2.43. The third kappa shape index (κ3) is 5.46. The summed E-state index contributed by atoms with van der Waals surface area (Å²) in [6.07, 6.45) is -2.21. The number of halogens is 3. The molecule has 0 spiro atoms. The van der Waals surface area contributed by atoms with Gasteiger partial charge in [-0.2, -0.15) is 13.2 Å². The van der Waals surface area contributed by atoms with E-state index in [1.54, 1.807) is 18.1 Å². The van der Waals surface area contributed by atoms with Crippen LogP contribution >= 0.6 is 0 Å². The Labute approximate surface area is 171 Å². The highest BCUT2D eigenvalue weighted by atomic mass is 32.2. The van der Waals surface area contributed by atoms with E-state index in [4.69, 9.17) is 14.6 Å². The first-order chi connectivity index (χ1) is 13.8. The van der Waals surface area contributed by atoms with Crippen LogP contribution in [-0.2, 0) is 30.9 Å². The molecule has 0 unspecified atom stereocenters. The highest BCUT2D eigenvalue weighted by molar-refractivity contribution is 7.88. The predicted octanol–water partition coefficient (Wildman–Crippen LogP) is 0.581. The molecule has 1 aromatic heterocycles. The van der Waals surface area contributed by atoms with E-state index in [1.165, 1.54) is 10.6 Å².